The number of carbonyl (C=O) groups excluding carboxylic acids is 2. The van der Waals surface area contributed by atoms with Crippen molar-refractivity contribution in [3.8, 4) is 0 Å². The number of nitrogens with zero attached hydrogens (tertiary/aromatic N) is 3. The lowest BCUT2D eigenvalue weighted by Crippen LogP contribution is -2.42. The van der Waals surface area contributed by atoms with Crippen LogP contribution in [0.15, 0.2) is 65.1 Å². The summed E-state index contributed by atoms with van der Waals surface area (Å²) in [5, 5.41) is 0.428. The molecule has 2 aliphatic rings. The Hall–Kier alpha value is -3.11. The number of nitrogens with two attached hydrogens (primary N) is 1. The molecule has 40 heavy (non-hydrogen) atoms. The summed E-state index contributed by atoms with van der Waals surface area (Å²) in [6.45, 7) is 6.49. The Bertz CT molecular complexity index is 1270. The number of halogens is 1. The van der Waals surface area contributed by atoms with Crippen LogP contribution in [0, 0.1) is 5.92 Å². The summed E-state index contributed by atoms with van der Waals surface area (Å²) in [6, 6.07) is 11.1. The zero-order valence-electron chi connectivity index (χ0n) is 23.3. The molecule has 2 aliphatic heterocycles. The summed E-state index contributed by atoms with van der Waals surface area (Å²) in [4.78, 5) is 38.5. The Morgan fingerprint density at radius 1 is 1.23 bits per heavy atom. The summed E-state index contributed by atoms with van der Waals surface area (Å²) in [5.41, 5.74) is 7.82. The molecule has 1 aromatic heterocycles. The van der Waals surface area contributed by atoms with Crippen molar-refractivity contribution in [1.82, 2.24) is 9.88 Å². The maximum Gasteiger partial charge on any atom is 0.337 e. The molecule has 214 valence electrons. The van der Waals surface area contributed by atoms with E-state index in [-0.39, 0.29) is 12.2 Å². The van der Waals surface area contributed by atoms with E-state index in [4.69, 9.17) is 31.5 Å². The monoisotopic (exact) mass is 568 g/mol. The topological polar surface area (TPSA) is 116 Å². The van der Waals surface area contributed by atoms with Gasteiger partial charge in [0.15, 0.2) is 0 Å². The van der Waals surface area contributed by atoms with Gasteiger partial charge in [-0.15, -0.1) is 0 Å². The number of likely N-dealkylation sites (tertiary alicyclic amines) is 1. The third-order valence-corrected chi connectivity index (χ3v) is 7.96. The van der Waals surface area contributed by atoms with Gasteiger partial charge in [-0.2, -0.15) is 0 Å². The van der Waals surface area contributed by atoms with Crippen molar-refractivity contribution in [3.63, 3.8) is 0 Å². The molecule has 0 bridgehead atoms. The zero-order valence-corrected chi connectivity index (χ0v) is 24.0. The van der Waals surface area contributed by atoms with Gasteiger partial charge in [-0.25, -0.2) is 4.79 Å². The number of carbonyl (C=O) groups is 2. The van der Waals surface area contributed by atoms with Crippen molar-refractivity contribution in [3.05, 3.63) is 76.2 Å². The SMILES string of the molecule is CCC1(OC(=O)C2=C(COCCN)N=C(C)C(C(=O)OC)C2c2ccccc2Cl)CCN(Cc2cccnc2)C1. The molecule has 4 rings (SSSR count). The predicted octanol–water partition coefficient (Wildman–Crippen LogP) is 3.91. The lowest BCUT2D eigenvalue weighted by Gasteiger charge is -2.35. The minimum Gasteiger partial charge on any atom is -0.468 e. The van der Waals surface area contributed by atoms with E-state index in [1.54, 1.807) is 25.3 Å². The van der Waals surface area contributed by atoms with Gasteiger partial charge in [0.2, 0.25) is 0 Å². The van der Waals surface area contributed by atoms with E-state index in [1.807, 2.05) is 37.4 Å². The first-order valence-corrected chi connectivity index (χ1v) is 13.9. The van der Waals surface area contributed by atoms with Gasteiger partial charge in [0.05, 0.1) is 31.6 Å². The molecule has 3 heterocycles. The van der Waals surface area contributed by atoms with Gasteiger partial charge >= 0.3 is 11.9 Å². The normalized spacial score (nSPS) is 23.2. The zero-order chi connectivity index (χ0) is 28.7. The van der Waals surface area contributed by atoms with Gasteiger partial charge in [-0.1, -0.05) is 42.8 Å². The molecule has 3 atom stereocenters. The third-order valence-electron chi connectivity index (χ3n) is 7.61. The van der Waals surface area contributed by atoms with Crippen LogP contribution in [-0.2, 0) is 30.3 Å². The van der Waals surface area contributed by atoms with Gasteiger partial charge in [0.25, 0.3) is 0 Å². The van der Waals surface area contributed by atoms with E-state index < -0.39 is 29.4 Å². The first kappa shape index (κ1) is 29.9. The number of esters is 2. The molecule has 1 fully saturated rings. The fourth-order valence-corrected chi connectivity index (χ4v) is 5.79. The van der Waals surface area contributed by atoms with Crippen LogP contribution in [0.1, 0.15) is 43.7 Å². The Morgan fingerprint density at radius 3 is 2.70 bits per heavy atom. The average molecular weight is 569 g/mol. The van der Waals surface area contributed by atoms with Crippen molar-refractivity contribution in [2.75, 3.05) is 40.0 Å². The van der Waals surface area contributed by atoms with Crippen molar-refractivity contribution < 1.29 is 23.8 Å². The van der Waals surface area contributed by atoms with Crippen LogP contribution in [0.5, 0.6) is 0 Å². The first-order valence-electron chi connectivity index (χ1n) is 13.6. The van der Waals surface area contributed by atoms with Gasteiger partial charge in [-0.3, -0.25) is 19.7 Å². The highest BCUT2D eigenvalue weighted by molar-refractivity contribution is 6.31. The van der Waals surface area contributed by atoms with E-state index in [2.05, 4.69) is 14.9 Å². The molecule has 9 nitrogen and oxygen atoms in total. The quantitative estimate of drug-likeness (QED) is 0.320. The number of methoxy groups -OCH3 is 1. The molecule has 1 aromatic carbocycles. The molecule has 0 aliphatic carbocycles. The fraction of sp³-hybridized carbons (Fsp3) is 0.467. The molecule has 1 saturated heterocycles. The van der Waals surface area contributed by atoms with Crippen LogP contribution in [-0.4, -0.2) is 73.1 Å². The van der Waals surface area contributed by atoms with Crippen LogP contribution in [0.4, 0.5) is 0 Å². The summed E-state index contributed by atoms with van der Waals surface area (Å²) >= 11 is 6.66. The number of ether oxygens (including phenoxy) is 3. The van der Waals surface area contributed by atoms with Crippen LogP contribution >= 0.6 is 11.6 Å². The summed E-state index contributed by atoms with van der Waals surface area (Å²) < 4.78 is 17.3. The summed E-state index contributed by atoms with van der Waals surface area (Å²) in [6.07, 6.45) is 4.91. The second-order valence-corrected chi connectivity index (χ2v) is 10.6. The molecule has 2 aromatic rings. The molecule has 0 spiro atoms. The number of aliphatic imine (C=N–C) groups is 1. The summed E-state index contributed by atoms with van der Waals surface area (Å²) in [5.74, 6) is -2.66. The largest absolute Gasteiger partial charge is 0.468 e. The number of pyridine rings is 1. The van der Waals surface area contributed by atoms with Crippen molar-refractivity contribution in [2.24, 2.45) is 16.6 Å². The second-order valence-electron chi connectivity index (χ2n) is 10.2. The minimum atomic E-state index is -0.853. The van der Waals surface area contributed by atoms with Crippen LogP contribution in [0.3, 0.4) is 0 Å². The van der Waals surface area contributed by atoms with Crippen molar-refractivity contribution in [1.29, 1.82) is 0 Å². The van der Waals surface area contributed by atoms with E-state index in [0.29, 0.717) is 61.1 Å². The number of aromatic nitrogens is 1. The molecular weight excluding hydrogens is 532 g/mol. The highest BCUT2D eigenvalue weighted by Crippen LogP contribution is 2.44. The van der Waals surface area contributed by atoms with E-state index >= 15 is 0 Å². The van der Waals surface area contributed by atoms with Crippen molar-refractivity contribution in [2.45, 2.75) is 44.8 Å². The Balaban J connectivity index is 1.71. The smallest absolute Gasteiger partial charge is 0.337 e. The van der Waals surface area contributed by atoms with Gasteiger partial charge < -0.3 is 19.9 Å². The van der Waals surface area contributed by atoms with Crippen LogP contribution in [0.25, 0.3) is 0 Å². The Morgan fingerprint density at radius 2 is 2.02 bits per heavy atom. The van der Waals surface area contributed by atoms with E-state index in [9.17, 15) is 9.59 Å². The molecule has 3 unspecified atom stereocenters. The van der Waals surface area contributed by atoms with Gasteiger partial charge in [-0.05, 0) is 36.6 Å². The number of rotatable bonds is 11. The highest BCUT2D eigenvalue weighted by atomic mass is 35.5. The van der Waals surface area contributed by atoms with Gasteiger partial charge in [0.1, 0.15) is 11.5 Å². The van der Waals surface area contributed by atoms with Crippen molar-refractivity contribution >= 4 is 29.3 Å². The lowest BCUT2D eigenvalue weighted by atomic mass is 9.75. The molecule has 0 amide bonds. The van der Waals surface area contributed by atoms with E-state index in [0.717, 1.165) is 12.1 Å². The maximum absolute atomic E-state index is 14.2. The van der Waals surface area contributed by atoms with E-state index in [1.165, 1.54) is 7.11 Å². The predicted molar refractivity (Wildman–Crippen MR) is 153 cm³/mol. The number of hydrogen-bond acceptors (Lipinski definition) is 9. The minimum absolute atomic E-state index is 0.0417. The average Bonchev–Trinajstić information content (AvgIpc) is 3.35. The fourth-order valence-electron chi connectivity index (χ4n) is 5.54. The highest BCUT2D eigenvalue weighted by Gasteiger charge is 2.47. The Kier molecular flexibility index (Phi) is 10.1. The molecule has 0 saturated carbocycles. The number of benzene rings is 1. The second kappa shape index (κ2) is 13.5. The van der Waals surface area contributed by atoms with Crippen LogP contribution < -0.4 is 5.73 Å². The third kappa shape index (κ3) is 6.61. The van der Waals surface area contributed by atoms with Crippen LogP contribution in [0.2, 0.25) is 5.02 Å². The molecule has 2 N–H and O–H groups in total. The standard InChI is InChI=1S/C30H37ClN4O5/c1-4-30(11-14-35(19-30)17-21-8-7-13-33-16-21)40-29(37)27-24(18-39-15-12-32)34-20(2)25(28(36)38-3)26(27)22-9-5-6-10-23(22)31/h5-10,13,16,25-26H,4,11-12,14-15,17-19,32H2,1-3H3. The molecule has 10 heteroatoms. The molecule has 0 radical (unpaired) electrons. The lowest BCUT2D eigenvalue weighted by molar-refractivity contribution is -0.155. The molecular formula is C30H37ClN4O5. The summed E-state index contributed by atoms with van der Waals surface area (Å²) in [7, 11) is 1.32. The number of hydrogen-bond donors (Lipinski definition) is 1. The first-order chi connectivity index (χ1) is 19.3. The van der Waals surface area contributed by atoms with Gasteiger partial charge in [0, 0.05) is 61.6 Å². The maximum atomic E-state index is 14.2. The Labute approximate surface area is 240 Å².